The molecular weight excluding hydrogens is 356 g/mol. The predicted molar refractivity (Wildman–Crippen MR) is 105 cm³/mol. The summed E-state index contributed by atoms with van der Waals surface area (Å²) >= 11 is 0. The van der Waals surface area contributed by atoms with Crippen molar-refractivity contribution in [3.05, 3.63) is 30.1 Å². The van der Waals surface area contributed by atoms with Gasteiger partial charge in [-0.25, -0.2) is 4.98 Å². The Hall–Kier alpha value is -1.96. The van der Waals surface area contributed by atoms with Gasteiger partial charge in [-0.1, -0.05) is 12.1 Å². The molecule has 28 heavy (non-hydrogen) atoms. The van der Waals surface area contributed by atoms with Crippen molar-refractivity contribution in [1.29, 1.82) is 0 Å². The van der Waals surface area contributed by atoms with Gasteiger partial charge in [0.1, 0.15) is 19.0 Å². The quantitative estimate of drug-likeness (QED) is 0.820. The lowest BCUT2D eigenvalue weighted by atomic mass is 9.73. The van der Waals surface area contributed by atoms with E-state index in [4.69, 9.17) is 9.47 Å². The third-order valence-corrected chi connectivity index (χ3v) is 6.62. The molecule has 1 N–H and O–H groups in total. The van der Waals surface area contributed by atoms with E-state index in [2.05, 4.69) is 29.0 Å². The maximum Gasteiger partial charge on any atom is 0.248 e. The van der Waals surface area contributed by atoms with Crippen LogP contribution in [0.5, 0.6) is 0 Å². The topological polar surface area (TPSA) is 70.7 Å². The molecular formula is C21H28N4O3. The number of hydrogen-bond acceptors (Lipinski definition) is 5. The molecule has 2 aromatic rings. The molecule has 3 aliphatic rings. The Morgan fingerprint density at radius 3 is 3.11 bits per heavy atom. The van der Waals surface area contributed by atoms with Gasteiger partial charge in [0.15, 0.2) is 0 Å². The summed E-state index contributed by atoms with van der Waals surface area (Å²) in [6, 6.07) is 7.87. The molecule has 0 radical (unpaired) electrons. The fourth-order valence-electron chi connectivity index (χ4n) is 5.45. The number of likely N-dealkylation sites (tertiary alicyclic amines) is 1. The first-order valence-corrected chi connectivity index (χ1v) is 10.2. The Morgan fingerprint density at radius 2 is 2.29 bits per heavy atom. The number of carbonyl (C=O) groups is 1. The van der Waals surface area contributed by atoms with Crippen LogP contribution in [-0.2, 0) is 20.9 Å². The van der Waals surface area contributed by atoms with Gasteiger partial charge in [-0.3, -0.25) is 4.79 Å². The van der Waals surface area contributed by atoms with E-state index in [-0.39, 0.29) is 18.1 Å². The fraction of sp³-hybridized carbons (Fsp3) is 0.619. The van der Waals surface area contributed by atoms with Crippen molar-refractivity contribution in [2.24, 2.45) is 11.8 Å². The van der Waals surface area contributed by atoms with Gasteiger partial charge < -0.3 is 24.3 Å². The van der Waals surface area contributed by atoms with E-state index in [1.165, 1.54) is 0 Å². The van der Waals surface area contributed by atoms with E-state index < -0.39 is 0 Å². The highest BCUT2D eigenvalue weighted by atomic mass is 16.5. The maximum atomic E-state index is 12.7. The second-order valence-corrected chi connectivity index (χ2v) is 8.76. The molecule has 4 atom stereocenters. The first-order valence-electron chi connectivity index (χ1n) is 10.2. The van der Waals surface area contributed by atoms with Gasteiger partial charge in [-0.05, 0) is 39.1 Å². The Kier molecular flexibility index (Phi) is 4.41. The number of H-pyrrole nitrogens is 1. The first-order chi connectivity index (χ1) is 13.5. The predicted octanol–water partition coefficient (Wildman–Crippen LogP) is 1.65. The number of aromatic nitrogens is 2. The van der Waals surface area contributed by atoms with Crippen LogP contribution in [0.1, 0.15) is 18.7 Å². The van der Waals surface area contributed by atoms with Gasteiger partial charge in [0.05, 0.1) is 29.3 Å². The van der Waals surface area contributed by atoms with Gasteiger partial charge in [0.25, 0.3) is 0 Å². The van der Waals surface area contributed by atoms with Crippen LogP contribution in [0.25, 0.3) is 11.0 Å². The number of hydrogen-bond donors (Lipinski definition) is 1. The Balaban J connectivity index is 1.18. The zero-order valence-electron chi connectivity index (χ0n) is 16.6. The number of rotatable bonds is 6. The SMILES string of the molecule is CN(C)C[C@H]1[C@@H]2CC[C@@]3(CN(C(=O)COCc4nc5ccccc5[nH]4)C[C@@H]13)O2. The van der Waals surface area contributed by atoms with Crippen LogP contribution in [0, 0.1) is 11.8 Å². The monoisotopic (exact) mass is 384 g/mol. The molecule has 0 unspecified atom stereocenters. The van der Waals surface area contributed by atoms with Crippen LogP contribution in [0.2, 0.25) is 0 Å². The molecule has 3 saturated heterocycles. The van der Waals surface area contributed by atoms with Gasteiger partial charge in [0.2, 0.25) is 5.91 Å². The lowest BCUT2D eigenvalue weighted by Crippen LogP contribution is -2.40. The van der Waals surface area contributed by atoms with Crippen molar-refractivity contribution in [3.63, 3.8) is 0 Å². The summed E-state index contributed by atoms with van der Waals surface area (Å²) < 4.78 is 12.1. The van der Waals surface area contributed by atoms with Crippen molar-refractivity contribution in [1.82, 2.24) is 19.8 Å². The van der Waals surface area contributed by atoms with E-state index in [1.807, 2.05) is 29.2 Å². The van der Waals surface area contributed by atoms with Crippen LogP contribution in [0.3, 0.4) is 0 Å². The highest BCUT2D eigenvalue weighted by Gasteiger charge is 2.63. The van der Waals surface area contributed by atoms with Crippen molar-refractivity contribution in [2.45, 2.75) is 31.2 Å². The molecule has 3 fully saturated rings. The Labute approximate surface area is 165 Å². The van der Waals surface area contributed by atoms with E-state index in [0.717, 1.165) is 42.8 Å². The molecule has 7 nitrogen and oxygen atoms in total. The molecule has 2 bridgehead atoms. The normalized spacial score (nSPS) is 31.2. The lowest BCUT2D eigenvalue weighted by molar-refractivity contribution is -0.137. The summed E-state index contributed by atoms with van der Waals surface area (Å²) in [6.45, 7) is 2.93. The molecule has 0 saturated carbocycles. The number of ether oxygens (including phenoxy) is 2. The van der Waals surface area contributed by atoms with E-state index >= 15 is 0 Å². The smallest absolute Gasteiger partial charge is 0.248 e. The number of imidazole rings is 1. The fourth-order valence-corrected chi connectivity index (χ4v) is 5.45. The zero-order valence-corrected chi connectivity index (χ0v) is 16.6. The number of fused-ring (bicyclic) bond motifs is 2. The third-order valence-electron chi connectivity index (χ3n) is 6.62. The van der Waals surface area contributed by atoms with Crippen LogP contribution in [-0.4, -0.2) is 77.7 Å². The minimum Gasteiger partial charge on any atom is -0.369 e. The van der Waals surface area contributed by atoms with E-state index in [0.29, 0.717) is 31.1 Å². The number of aromatic amines is 1. The van der Waals surface area contributed by atoms with E-state index in [1.54, 1.807) is 0 Å². The van der Waals surface area contributed by atoms with E-state index in [9.17, 15) is 4.79 Å². The van der Waals surface area contributed by atoms with Gasteiger partial charge in [0, 0.05) is 24.9 Å². The molecule has 1 aromatic carbocycles. The molecule has 150 valence electrons. The Bertz CT molecular complexity index is 848. The van der Waals surface area contributed by atoms with Crippen LogP contribution in [0.4, 0.5) is 0 Å². The van der Waals surface area contributed by atoms with Crippen molar-refractivity contribution in [2.75, 3.05) is 40.3 Å². The number of benzene rings is 1. The highest BCUT2D eigenvalue weighted by Crippen LogP contribution is 2.54. The zero-order chi connectivity index (χ0) is 19.3. The average molecular weight is 384 g/mol. The number of para-hydroxylation sites is 2. The number of amides is 1. The maximum absolute atomic E-state index is 12.7. The van der Waals surface area contributed by atoms with Crippen LogP contribution >= 0.6 is 0 Å². The second-order valence-electron chi connectivity index (χ2n) is 8.76. The summed E-state index contributed by atoms with van der Waals surface area (Å²) in [4.78, 5) is 24.7. The molecule has 0 aliphatic carbocycles. The van der Waals surface area contributed by atoms with Crippen LogP contribution in [0.15, 0.2) is 24.3 Å². The third kappa shape index (κ3) is 3.02. The van der Waals surface area contributed by atoms with Crippen LogP contribution < -0.4 is 0 Å². The molecule has 1 amide bonds. The molecule has 1 spiro atoms. The average Bonchev–Trinajstić information content (AvgIpc) is 3.40. The van der Waals surface area contributed by atoms with Gasteiger partial charge in [-0.2, -0.15) is 0 Å². The van der Waals surface area contributed by atoms with Crippen molar-refractivity contribution < 1.29 is 14.3 Å². The molecule has 3 aliphatic heterocycles. The summed E-state index contributed by atoms with van der Waals surface area (Å²) in [6.07, 6.45) is 2.57. The van der Waals surface area contributed by atoms with Crippen molar-refractivity contribution in [3.8, 4) is 0 Å². The highest BCUT2D eigenvalue weighted by molar-refractivity contribution is 5.78. The van der Waals surface area contributed by atoms with Gasteiger partial charge >= 0.3 is 0 Å². The minimum atomic E-state index is -0.111. The van der Waals surface area contributed by atoms with Gasteiger partial charge in [-0.15, -0.1) is 0 Å². The largest absolute Gasteiger partial charge is 0.369 e. The molecule has 1 aromatic heterocycles. The molecule has 4 heterocycles. The second kappa shape index (κ2) is 6.83. The summed E-state index contributed by atoms with van der Waals surface area (Å²) in [7, 11) is 4.23. The number of carbonyl (C=O) groups excluding carboxylic acids is 1. The Morgan fingerprint density at radius 1 is 1.43 bits per heavy atom. The first kappa shape index (κ1) is 18.1. The summed E-state index contributed by atoms with van der Waals surface area (Å²) in [5.41, 5.74) is 1.79. The van der Waals surface area contributed by atoms with Crippen molar-refractivity contribution >= 4 is 16.9 Å². The lowest BCUT2D eigenvalue weighted by Gasteiger charge is -2.30. The molecule has 7 heteroatoms. The number of nitrogens with zero attached hydrogens (tertiary/aromatic N) is 3. The molecule has 5 rings (SSSR count). The minimum absolute atomic E-state index is 0.0514. The standard InChI is InChI=1S/C21H28N4O3/c1-24(2)9-14-15-10-25(13-21(15)8-7-18(14)28-21)20(26)12-27-11-19-22-16-5-3-4-6-17(16)23-19/h3-6,14-15,18H,7-13H2,1-2H3,(H,22,23)/t14-,15+,18+,21+/m1/s1. The number of nitrogens with one attached hydrogen (secondary N) is 1. The summed E-state index contributed by atoms with van der Waals surface area (Å²) in [5.74, 6) is 1.78. The summed E-state index contributed by atoms with van der Waals surface area (Å²) in [5, 5.41) is 0.